The monoisotopic (exact) mass is 434 g/mol. The molecule has 4 rings (SSSR count). The Balaban J connectivity index is 1.54. The standard InChI is InChI=1S/C27H30O3S/c1-6-18-9-7-8-10-21(18)23-15-19-11-12-20(16-22(19)31-23)29-24-13-14-25(27(24,4)5)30-26(28)17(2)3/h7-12,15-16,24-25H,2,6,13-14H2,1,3-5H3. The van der Waals surface area contributed by atoms with E-state index in [2.05, 4.69) is 69.8 Å². The van der Waals surface area contributed by atoms with E-state index in [1.807, 2.05) is 6.07 Å². The third-order valence-corrected chi connectivity index (χ3v) is 7.51. The van der Waals surface area contributed by atoms with Crippen LogP contribution in [0.3, 0.4) is 0 Å². The molecule has 2 atom stereocenters. The van der Waals surface area contributed by atoms with E-state index in [-0.39, 0.29) is 23.6 Å². The molecule has 1 aromatic heterocycles. The van der Waals surface area contributed by atoms with Gasteiger partial charge in [-0.2, -0.15) is 0 Å². The molecule has 1 fully saturated rings. The van der Waals surface area contributed by atoms with Crippen molar-refractivity contribution < 1.29 is 14.3 Å². The van der Waals surface area contributed by atoms with Crippen molar-refractivity contribution >= 4 is 27.4 Å². The molecule has 0 spiro atoms. The lowest BCUT2D eigenvalue weighted by molar-refractivity contribution is -0.150. The van der Waals surface area contributed by atoms with Gasteiger partial charge in [0.1, 0.15) is 18.0 Å². The largest absolute Gasteiger partial charge is 0.490 e. The lowest BCUT2D eigenvalue weighted by Crippen LogP contribution is -2.38. The van der Waals surface area contributed by atoms with E-state index in [0.29, 0.717) is 5.57 Å². The van der Waals surface area contributed by atoms with Gasteiger partial charge in [-0.25, -0.2) is 4.79 Å². The number of fused-ring (bicyclic) bond motifs is 1. The summed E-state index contributed by atoms with van der Waals surface area (Å²) in [4.78, 5) is 13.3. The first kappa shape index (κ1) is 21.6. The van der Waals surface area contributed by atoms with Gasteiger partial charge in [-0.3, -0.25) is 0 Å². The molecule has 1 heterocycles. The molecule has 0 N–H and O–H groups in total. The zero-order valence-electron chi connectivity index (χ0n) is 18.7. The number of rotatable bonds is 6. The lowest BCUT2D eigenvalue weighted by Gasteiger charge is -2.32. The number of esters is 1. The van der Waals surface area contributed by atoms with Crippen LogP contribution < -0.4 is 4.74 Å². The van der Waals surface area contributed by atoms with Crippen molar-refractivity contribution in [2.75, 3.05) is 0 Å². The lowest BCUT2D eigenvalue weighted by atomic mass is 9.86. The van der Waals surface area contributed by atoms with Crippen molar-refractivity contribution in [3.05, 3.63) is 66.2 Å². The molecule has 0 radical (unpaired) electrons. The molecular formula is C27H30O3S. The Morgan fingerprint density at radius 2 is 1.87 bits per heavy atom. The minimum Gasteiger partial charge on any atom is -0.490 e. The fourth-order valence-electron chi connectivity index (χ4n) is 4.36. The van der Waals surface area contributed by atoms with Gasteiger partial charge in [0, 0.05) is 20.6 Å². The molecule has 4 heteroatoms. The van der Waals surface area contributed by atoms with Crippen molar-refractivity contribution in [1.82, 2.24) is 0 Å². The van der Waals surface area contributed by atoms with Crippen LogP contribution in [0, 0.1) is 5.41 Å². The summed E-state index contributed by atoms with van der Waals surface area (Å²) >= 11 is 1.80. The van der Waals surface area contributed by atoms with Gasteiger partial charge < -0.3 is 9.47 Å². The van der Waals surface area contributed by atoms with Crippen LogP contribution in [0.4, 0.5) is 0 Å². The fourth-order valence-corrected chi connectivity index (χ4v) is 5.51. The number of thiophene rings is 1. The highest BCUT2D eigenvalue weighted by Crippen LogP contribution is 2.43. The van der Waals surface area contributed by atoms with E-state index in [0.717, 1.165) is 25.0 Å². The molecule has 0 aliphatic heterocycles. The van der Waals surface area contributed by atoms with E-state index in [1.165, 1.54) is 26.1 Å². The molecule has 1 aliphatic rings. The molecule has 0 saturated heterocycles. The second-order valence-electron chi connectivity index (χ2n) is 9.00. The minimum absolute atomic E-state index is 0.00637. The maximum absolute atomic E-state index is 12.0. The van der Waals surface area contributed by atoms with E-state index in [4.69, 9.17) is 9.47 Å². The van der Waals surface area contributed by atoms with Gasteiger partial charge in [0.2, 0.25) is 0 Å². The van der Waals surface area contributed by atoms with Gasteiger partial charge >= 0.3 is 5.97 Å². The van der Waals surface area contributed by atoms with Crippen LogP contribution in [0.25, 0.3) is 20.5 Å². The maximum Gasteiger partial charge on any atom is 0.333 e. The molecule has 1 aliphatic carbocycles. The molecule has 162 valence electrons. The number of carbonyl (C=O) groups excluding carboxylic acids is 1. The van der Waals surface area contributed by atoms with Gasteiger partial charge in [-0.15, -0.1) is 11.3 Å². The summed E-state index contributed by atoms with van der Waals surface area (Å²) in [7, 11) is 0. The summed E-state index contributed by atoms with van der Waals surface area (Å²) in [6, 6.07) is 17.2. The molecule has 31 heavy (non-hydrogen) atoms. The molecule has 0 amide bonds. The van der Waals surface area contributed by atoms with E-state index >= 15 is 0 Å². The van der Waals surface area contributed by atoms with Gasteiger partial charge in [0.15, 0.2) is 0 Å². The van der Waals surface area contributed by atoms with Crippen LogP contribution in [0.15, 0.2) is 60.7 Å². The first-order valence-corrected chi connectivity index (χ1v) is 11.8. The summed E-state index contributed by atoms with van der Waals surface area (Å²) in [6.07, 6.45) is 2.51. The first-order valence-electron chi connectivity index (χ1n) is 10.9. The van der Waals surface area contributed by atoms with Crippen LogP contribution in [0.5, 0.6) is 5.75 Å². The Bertz CT molecular complexity index is 1120. The molecule has 2 aromatic carbocycles. The Morgan fingerprint density at radius 3 is 2.61 bits per heavy atom. The Hall–Kier alpha value is -2.59. The van der Waals surface area contributed by atoms with Crippen molar-refractivity contribution in [2.24, 2.45) is 5.41 Å². The molecule has 1 saturated carbocycles. The second-order valence-corrected chi connectivity index (χ2v) is 10.1. The average molecular weight is 435 g/mol. The summed E-state index contributed by atoms with van der Waals surface area (Å²) in [5, 5.41) is 1.23. The zero-order chi connectivity index (χ0) is 22.2. The number of ether oxygens (including phenoxy) is 2. The van der Waals surface area contributed by atoms with Crippen LogP contribution in [-0.2, 0) is 16.0 Å². The summed E-state index contributed by atoms with van der Waals surface area (Å²) in [5.74, 6) is 0.549. The second kappa shape index (κ2) is 8.51. The van der Waals surface area contributed by atoms with Crippen LogP contribution in [0.1, 0.15) is 46.1 Å². The maximum atomic E-state index is 12.0. The van der Waals surface area contributed by atoms with Crippen molar-refractivity contribution in [1.29, 1.82) is 0 Å². The van der Waals surface area contributed by atoms with Gasteiger partial charge in [0.25, 0.3) is 0 Å². The van der Waals surface area contributed by atoms with E-state index < -0.39 is 0 Å². The van der Waals surface area contributed by atoms with E-state index in [9.17, 15) is 4.79 Å². The van der Waals surface area contributed by atoms with Crippen molar-refractivity contribution in [3.63, 3.8) is 0 Å². The molecule has 3 nitrogen and oxygen atoms in total. The van der Waals surface area contributed by atoms with Gasteiger partial charge in [-0.05, 0) is 67.0 Å². The Morgan fingerprint density at radius 1 is 1.13 bits per heavy atom. The predicted octanol–water partition coefficient (Wildman–Crippen LogP) is 7.19. The summed E-state index contributed by atoms with van der Waals surface area (Å²) in [6.45, 7) is 11.8. The number of aryl methyl sites for hydroxylation is 1. The Kier molecular flexibility index (Phi) is 5.94. The fraction of sp³-hybridized carbons (Fsp3) is 0.370. The van der Waals surface area contributed by atoms with Crippen LogP contribution in [0.2, 0.25) is 0 Å². The topological polar surface area (TPSA) is 35.5 Å². The van der Waals surface area contributed by atoms with Crippen molar-refractivity contribution in [3.8, 4) is 16.2 Å². The number of hydrogen-bond acceptors (Lipinski definition) is 4. The Labute approximate surface area is 188 Å². The molecule has 0 bridgehead atoms. The highest BCUT2D eigenvalue weighted by atomic mass is 32.1. The number of carbonyl (C=O) groups is 1. The number of benzene rings is 2. The van der Waals surface area contributed by atoms with Gasteiger partial charge in [0.05, 0.1) is 0 Å². The zero-order valence-corrected chi connectivity index (χ0v) is 19.6. The summed E-state index contributed by atoms with van der Waals surface area (Å²) in [5.41, 5.74) is 2.85. The van der Waals surface area contributed by atoms with Gasteiger partial charge in [-0.1, -0.05) is 51.6 Å². The first-order chi connectivity index (χ1) is 14.8. The summed E-state index contributed by atoms with van der Waals surface area (Å²) < 4.78 is 13.3. The number of hydrogen-bond donors (Lipinski definition) is 0. The predicted molar refractivity (Wildman–Crippen MR) is 129 cm³/mol. The molecular weight excluding hydrogens is 404 g/mol. The molecule has 2 unspecified atom stereocenters. The smallest absolute Gasteiger partial charge is 0.333 e. The van der Waals surface area contributed by atoms with E-state index in [1.54, 1.807) is 18.3 Å². The third-order valence-electron chi connectivity index (χ3n) is 6.38. The third kappa shape index (κ3) is 4.27. The highest BCUT2D eigenvalue weighted by Gasteiger charge is 2.47. The molecule has 3 aromatic rings. The normalized spacial score (nSPS) is 20.0. The van der Waals surface area contributed by atoms with Crippen LogP contribution in [-0.4, -0.2) is 18.2 Å². The van der Waals surface area contributed by atoms with Crippen LogP contribution >= 0.6 is 11.3 Å². The quantitative estimate of drug-likeness (QED) is 0.304. The average Bonchev–Trinajstić information content (AvgIpc) is 3.29. The minimum atomic E-state index is -0.321. The van der Waals surface area contributed by atoms with Crippen molar-refractivity contribution in [2.45, 2.75) is 59.2 Å². The SMILES string of the molecule is C=C(C)C(=O)OC1CCC(Oc2ccc3cc(-c4ccccc4CC)sc3c2)C1(C)C. The highest BCUT2D eigenvalue weighted by molar-refractivity contribution is 7.22.